The van der Waals surface area contributed by atoms with Gasteiger partial charge in [-0.2, -0.15) is 0 Å². The van der Waals surface area contributed by atoms with Gasteiger partial charge in [0.15, 0.2) is 0 Å². The number of piperidine rings is 1. The average molecular weight is 364 g/mol. The highest BCUT2D eigenvalue weighted by Crippen LogP contribution is 2.31. The van der Waals surface area contributed by atoms with Gasteiger partial charge in [-0.3, -0.25) is 4.79 Å². The van der Waals surface area contributed by atoms with E-state index in [2.05, 4.69) is 4.90 Å². The van der Waals surface area contributed by atoms with Crippen molar-refractivity contribution in [1.29, 1.82) is 0 Å². The SMILES string of the molecule is CN(C(=O)c1cccc(Oc2ccccc2)c1)C1CCCN(CC2CC2)C1. The summed E-state index contributed by atoms with van der Waals surface area (Å²) in [4.78, 5) is 17.5. The molecule has 1 aliphatic carbocycles. The summed E-state index contributed by atoms with van der Waals surface area (Å²) in [5.41, 5.74) is 0.685. The van der Waals surface area contributed by atoms with E-state index in [0.29, 0.717) is 17.4 Å². The molecule has 4 rings (SSSR count). The van der Waals surface area contributed by atoms with E-state index < -0.39 is 0 Å². The number of likely N-dealkylation sites (N-methyl/N-ethyl adjacent to an activating group) is 1. The Kier molecular flexibility index (Phi) is 5.44. The zero-order chi connectivity index (χ0) is 18.6. The Bertz CT molecular complexity index is 773. The van der Waals surface area contributed by atoms with Gasteiger partial charge in [0, 0.05) is 31.7 Å². The Balaban J connectivity index is 1.41. The van der Waals surface area contributed by atoms with E-state index in [-0.39, 0.29) is 5.91 Å². The number of carbonyl (C=O) groups is 1. The maximum Gasteiger partial charge on any atom is 0.254 e. The number of ether oxygens (including phenoxy) is 1. The summed E-state index contributed by atoms with van der Waals surface area (Å²) in [6.07, 6.45) is 5.02. The van der Waals surface area contributed by atoms with Gasteiger partial charge < -0.3 is 14.5 Å². The second-order valence-electron chi connectivity index (χ2n) is 7.86. The molecule has 0 N–H and O–H groups in total. The monoisotopic (exact) mass is 364 g/mol. The van der Waals surface area contributed by atoms with Crippen LogP contribution in [0.5, 0.6) is 11.5 Å². The van der Waals surface area contributed by atoms with Gasteiger partial charge in [-0.25, -0.2) is 0 Å². The standard InChI is InChI=1S/C23H28N2O2/c1-24(20-8-6-14-25(17-20)16-18-12-13-18)23(26)19-7-5-11-22(15-19)27-21-9-3-2-4-10-21/h2-5,7,9-11,15,18,20H,6,8,12-14,16-17H2,1H3. The van der Waals surface area contributed by atoms with E-state index in [4.69, 9.17) is 4.74 Å². The van der Waals surface area contributed by atoms with Crippen molar-refractivity contribution in [2.24, 2.45) is 5.92 Å². The van der Waals surface area contributed by atoms with Gasteiger partial charge in [-0.15, -0.1) is 0 Å². The number of rotatable bonds is 6. The molecule has 2 fully saturated rings. The quantitative estimate of drug-likeness (QED) is 0.760. The highest BCUT2D eigenvalue weighted by Gasteiger charge is 2.30. The molecule has 0 bridgehead atoms. The molecule has 4 heteroatoms. The maximum atomic E-state index is 13.0. The molecule has 142 valence electrons. The van der Waals surface area contributed by atoms with Crippen LogP contribution in [0.4, 0.5) is 0 Å². The molecule has 1 unspecified atom stereocenters. The fraction of sp³-hybridized carbons (Fsp3) is 0.435. The molecule has 0 aromatic heterocycles. The molecule has 1 saturated heterocycles. The number of hydrogen-bond acceptors (Lipinski definition) is 3. The zero-order valence-electron chi connectivity index (χ0n) is 16.0. The van der Waals surface area contributed by atoms with Crippen molar-refractivity contribution in [2.45, 2.75) is 31.7 Å². The van der Waals surface area contributed by atoms with Crippen LogP contribution in [0, 0.1) is 5.92 Å². The van der Waals surface area contributed by atoms with Gasteiger partial charge in [-0.05, 0) is 68.5 Å². The Morgan fingerprint density at radius 3 is 2.63 bits per heavy atom. The largest absolute Gasteiger partial charge is 0.457 e. The number of benzene rings is 2. The predicted molar refractivity (Wildman–Crippen MR) is 107 cm³/mol. The summed E-state index contributed by atoms with van der Waals surface area (Å²) < 4.78 is 5.88. The van der Waals surface area contributed by atoms with Crippen LogP contribution in [0.15, 0.2) is 54.6 Å². The first-order valence-electron chi connectivity index (χ1n) is 10.0. The van der Waals surface area contributed by atoms with Crippen molar-refractivity contribution in [1.82, 2.24) is 9.80 Å². The third kappa shape index (κ3) is 4.69. The molecule has 27 heavy (non-hydrogen) atoms. The molecule has 1 amide bonds. The van der Waals surface area contributed by atoms with Crippen LogP contribution < -0.4 is 4.74 Å². The van der Waals surface area contributed by atoms with E-state index >= 15 is 0 Å². The predicted octanol–water partition coefficient (Wildman–Crippen LogP) is 4.43. The Hall–Kier alpha value is -2.33. The maximum absolute atomic E-state index is 13.0. The third-order valence-electron chi connectivity index (χ3n) is 5.62. The van der Waals surface area contributed by atoms with Crippen LogP contribution in [-0.2, 0) is 0 Å². The number of para-hydroxylation sites is 1. The number of hydrogen-bond donors (Lipinski definition) is 0. The minimum Gasteiger partial charge on any atom is -0.457 e. The van der Waals surface area contributed by atoms with Crippen LogP contribution in [0.3, 0.4) is 0 Å². The molecular formula is C23H28N2O2. The van der Waals surface area contributed by atoms with E-state index in [1.807, 2.05) is 66.5 Å². The van der Waals surface area contributed by atoms with Crippen LogP contribution in [0.1, 0.15) is 36.0 Å². The first kappa shape index (κ1) is 18.1. The van der Waals surface area contributed by atoms with Crippen LogP contribution in [-0.4, -0.2) is 48.4 Å². The van der Waals surface area contributed by atoms with Crippen LogP contribution in [0.2, 0.25) is 0 Å². The smallest absolute Gasteiger partial charge is 0.254 e. The Morgan fingerprint density at radius 2 is 1.85 bits per heavy atom. The van der Waals surface area contributed by atoms with E-state index in [1.165, 1.54) is 32.4 Å². The second-order valence-corrected chi connectivity index (χ2v) is 7.86. The molecule has 1 heterocycles. The average Bonchev–Trinajstić information content (AvgIpc) is 3.52. The van der Waals surface area contributed by atoms with Crippen LogP contribution >= 0.6 is 0 Å². The first-order chi connectivity index (χ1) is 13.2. The lowest BCUT2D eigenvalue weighted by Gasteiger charge is -2.37. The Labute approximate surface area is 161 Å². The molecular weight excluding hydrogens is 336 g/mol. The molecule has 0 radical (unpaired) electrons. The lowest BCUT2D eigenvalue weighted by Crippen LogP contribution is -2.49. The van der Waals surface area contributed by atoms with Crippen molar-refractivity contribution < 1.29 is 9.53 Å². The topological polar surface area (TPSA) is 32.8 Å². The number of nitrogens with zero attached hydrogens (tertiary/aromatic N) is 2. The van der Waals surface area contributed by atoms with Crippen molar-refractivity contribution in [3.63, 3.8) is 0 Å². The molecule has 2 aromatic carbocycles. The molecule has 4 nitrogen and oxygen atoms in total. The van der Waals surface area contributed by atoms with Crippen molar-refractivity contribution in [2.75, 3.05) is 26.7 Å². The summed E-state index contributed by atoms with van der Waals surface area (Å²) in [5.74, 6) is 2.45. The summed E-state index contributed by atoms with van der Waals surface area (Å²) in [5, 5.41) is 0. The van der Waals surface area contributed by atoms with Crippen molar-refractivity contribution in [3.8, 4) is 11.5 Å². The van der Waals surface area contributed by atoms with E-state index in [1.54, 1.807) is 0 Å². The summed E-state index contributed by atoms with van der Waals surface area (Å²) in [6.45, 7) is 3.38. The van der Waals surface area contributed by atoms with Gasteiger partial charge in [0.25, 0.3) is 5.91 Å². The summed E-state index contributed by atoms with van der Waals surface area (Å²) in [6, 6.07) is 17.5. The van der Waals surface area contributed by atoms with Gasteiger partial charge in [-0.1, -0.05) is 24.3 Å². The highest BCUT2D eigenvalue weighted by molar-refractivity contribution is 5.94. The molecule has 1 saturated carbocycles. The third-order valence-corrected chi connectivity index (χ3v) is 5.62. The first-order valence-corrected chi connectivity index (χ1v) is 10.0. The molecule has 1 atom stereocenters. The van der Waals surface area contributed by atoms with Crippen LogP contribution in [0.25, 0.3) is 0 Å². The minimum atomic E-state index is 0.0757. The normalized spacial score (nSPS) is 20.3. The van der Waals surface area contributed by atoms with Gasteiger partial charge in [0.05, 0.1) is 0 Å². The van der Waals surface area contributed by atoms with Crippen molar-refractivity contribution in [3.05, 3.63) is 60.2 Å². The molecule has 0 spiro atoms. The fourth-order valence-electron chi connectivity index (χ4n) is 3.87. The van der Waals surface area contributed by atoms with Gasteiger partial charge in [0.1, 0.15) is 11.5 Å². The lowest BCUT2D eigenvalue weighted by molar-refractivity contribution is 0.0612. The molecule has 2 aliphatic rings. The van der Waals surface area contributed by atoms with Crippen molar-refractivity contribution >= 4 is 5.91 Å². The second kappa shape index (κ2) is 8.13. The lowest BCUT2D eigenvalue weighted by atomic mass is 10.0. The zero-order valence-corrected chi connectivity index (χ0v) is 16.0. The molecule has 2 aromatic rings. The fourth-order valence-corrected chi connectivity index (χ4v) is 3.87. The van der Waals surface area contributed by atoms with E-state index in [0.717, 1.165) is 24.6 Å². The summed E-state index contributed by atoms with van der Waals surface area (Å²) in [7, 11) is 1.94. The summed E-state index contributed by atoms with van der Waals surface area (Å²) >= 11 is 0. The number of carbonyl (C=O) groups excluding carboxylic acids is 1. The van der Waals surface area contributed by atoms with Gasteiger partial charge in [0.2, 0.25) is 0 Å². The molecule has 1 aliphatic heterocycles. The highest BCUT2D eigenvalue weighted by atomic mass is 16.5. The van der Waals surface area contributed by atoms with Gasteiger partial charge >= 0.3 is 0 Å². The minimum absolute atomic E-state index is 0.0757. The number of amides is 1. The Morgan fingerprint density at radius 1 is 1.07 bits per heavy atom. The number of likely N-dealkylation sites (tertiary alicyclic amines) is 1. The van der Waals surface area contributed by atoms with E-state index in [9.17, 15) is 4.79 Å².